The summed E-state index contributed by atoms with van der Waals surface area (Å²) < 4.78 is 5.86. The van der Waals surface area contributed by atoms with E-state index < -0.39 is 20.1 Å². The molecule has 0 aliphatic rings. The number of carbonyl (C=O) groups is 1. The van der Waals surface area contributed by atoms with Crippen molar-refractivity contribution in [2.24, 2.45) is 5.41 Å². The summed E-state index contributed by atoms with van der Waals surface area (Å²) in [5.41, 5.74) is 0.119. The molecule has 1 unspecified atom stereocenters. The fourth-order valence-electron chi connectivity index (χ4n) is 1.83. The molecule has 0 radical (unpaired) electrons. The first-order chi connectivity index (χ1) is 9.12. The first-order valence-electron chi connectivity index (χ1n) is 6.57. The van der Waals surface area contributed by atoms with Crippen LogP contribution < -0.4 is 0 Å². The summed E-state index contributed by atoms with van der Waals surface area (Å²) in [5, 5.41) is 10.6. The van der Waals surface area contributed by atoms with Gasteiger partial charge in [-0.25, -0.2) is 0 Å². The SMILES string of the molecule is C[SiH](C)OC(C(=O)c1ccc([N+](=O)[O-])cc1)C(C)(C)C. The molecule has 20 heavy (non-hydrogen) atoms. The van der Waals surface area contributed by atoms with E-state index >= 15 is 0 Å². The van der Waals surface area contributed by atoms with Crippen LogP contribution in [0.25, 0.3) is 0 Å². The van der Waals surface area contributed by atoms with Gasteiger partial charge in [-0.2, -0.15) is 0 Å². The van der Waals surface area contributed by atoms with Crippen LogP contribution in [-0.2, 0) is 4.43 Å². The standard InChI is InChI=1S/C14H21NO4Si/c1-14(2,3)13(19-20(4)5)12(16)10-6-8-11(9-7-10)15(17)18/h6-9,13,20H,1-5H3. The van der Waals surface area contributed by atoms with Crippen molar-refractivity contribution in [2.75, 3.05) is 0 Å². The Balaban J connectivity index is 3.03. The molecule has 0 amide bonds. The van der Waals surface area contributed by atoms with Gasteiger partial charge >= 0.3 is 0 Å². The molecule has 0 saturated carbocycles. The molecule has 0 bridgehead atoms. The number of Topliss-reactive ketones (excluding diaryl/α,β-unsaturated/α-hetero) is 1. The number of hydrogen-bond donors (Lipinski definition) is 0. The van der Waals surface area contributed by atoms with E-state index in [1.165, 1.54) is 24.3 Å². The van der Waals surface area contributed by atoms with Crippen LogP contribution in [-0.4, -0.2) is 25.9 Å². The van der Waals surface area contributed by atoms with Crippen LogP contribution in [0.5, 0.6) is 0 Å². The van der Waals surface area contributed by atoms with E-state index in [1.54, 1.807) is 0 Å². The van der Waals surface area contributed by atoms with Crippen molar-refractivity contribution in [3.05, 3.63) is 39.9 Å². The lowest BCUT2D eigenvalue weighted by atomic mass is 9.84. The normalized spacial score (nSPS) is 13.3. The quantitative estimate of drug-likeness (QED) is 0.362. The molecule has 1 rings (SSSR count). The van der Waals surface area contributed by atoms with Crippen LogP contribution in [0, 0.1) is 15.5 Å². The number of rotatable bonds is 5. The second-order valence-corrected chi connectivity index (χ2v) is 8.47. The fourth-order valence-corrected chi connectivity index (χ4v) is 2.91. The summed E-state index contributed by atoms with van der Waals surface area (Å²) in [4.78, 5) is 22.7. The zero-order chi connectivity index (χ0) is 15.5. The highest BCUT2D eigenvalue weighted by Gasteiger charge is 2.33. The molecule has 0 heterocycles. The molecule has 1 aromatic carbocycles. The minimum absolute atomic E-state index is 0.0204. The number of nitrogens with zero attached hydrogens (tertiary/aromatic N) is 1. The second-order valence-electron chi connectivity index (χ2n) is 6.10. The number of non-ortho nitro benzene ring substituents is 1. The van der Waals surface area contributed by atoms with Crippen molar-refractivity contribution in [1.82, 2.24) is 0 Å². The maximum atomic E-state index is 12.5. The lowest BCUT2D eigenvalue weighted by Gasteiger charge is -2.31. The predicted octanol–water partition coefficient (Wildman–Crippen LogP) is 3.19. The molecule has 0 N–H and O–H groups in total. The summed E-state index contributed by atoms with van der Waals surface area (Å²) in [6.07, 6.45) is -0.518. The molecule has 0 spiro atoms. The highest BCUT2D eigenvalue weighted by atomic mass is 28.3. The van der Waals surface area contributed by atoms with Gasteiger partial charge in [0.2, 0.25) is 0 Å². The molecular formula is C14H21NO4Si. The summed E-state index contributed by atoms with van der Waals surface area (Å²) in [7, 11) is -1.36. The number of carbonyl (C=O) groups excluding carboxylic acids is 1. The molecule has 5 nitrogen and oxygen atoms in total. The molecule has 0 aliphatic carbocycles. The smallest absolute Gasteiger partial charge is 0.269 e. The minimum Gasteiger partial charge on any atom is -0.410 e. The van der Waals surface area contributed by atoms with Crippen LogP contribution >= 0.6 is 0 Å². The van der Waals surface area contributed by atoms with Crippen molar-refractivity contribution in [1.29, 1.82) is 0 Å². The Kier molecular flexibility index (Phi) is 5.19. The molecule has 0 fully saturated rings. The van der Waals surface area contributed by atoms with Gasteiger partial charge in [-0.15, -0.1) is 0 Å². The van der Waals surface area contributed by atoms with Gasteiger partial charge in [-0.3, -0.25) is 14.9 Å². The van der Waals surface area contributed by atoms with Gasteiger partial charge in [0.1, 0.15) is 6.10 Å². The summed E-state index contributed by atoms with van der Waals surface area (Å²) in [6, 6.07) is 5.68. The number of benzene rings is 1. The molecule has 0 aliphatic heterocycles. The van der Waals surface area contributed by atoms with E-state index in [9.17, 15) is 14.9 Å². The molecule has 1 atom stereocenters. The van der Waals surface area contributed by atoms with Crippen LogP contribution in [0.15, 0.2) is 24.3 Å². The number of nitro benzene ring substituents is 1. The van der Waals surface area contributed by atoms with Gasteiger partial charge in [-0.05, 0) is 30.6 Å². The molecule has 0 saturated heterocycles. The second kappa shape index (κ2) is 6.28. The molecule has 110 valence electrons. The first-order valence-corrected chi connectivity index (χ1v) is 9.35. The van der Waals surface area contributed by atoms with Crippen LogP contribution in [0.2, 0.25) is 13.1 Å². The minimum atomic E-state index is -1.36. The molecule has 0 aromatic heterocycles. The van der Waals surface area contributed by atoms with Crippen molar-refractivity contribution in [2.45, 2.75) is 40.0 Å². The zero-order valence-corrected chi connectivity index (χ0v) is 13.7. The third kappa shape index (κ3) is 4.24. The Bertz CT molecular complexity index is 491. The van der Waals surface area contributed by atoms with Crippen molar-refractivity contribution in [3.8, 4) is 0 Å². The van der Waals surface area contributed by atoms with Gasteiger partial charge in [-0.1, -0.05) is 20.8 Å². The molecular weight excluding hydrogens is 274 g/mol. The largest absolute Gasteiger partial charge is 0.410 e. The Hall–Kier alpha value is -1.53. The Morgan fingerprint density at radius 1 is 1.25 bits per heavy atom. The predicted molar refractivity (Wildman–Crippen MR) is 80.6 cm³/mol. The van der Waals surface area contributed by atoms with E-state index in [2.05, 4.69) is 0 Å². The summed E-state index contributed by atoms with van der Waals surface area (Å²) in [5.74, 6) is -0.117. The lowest BCUT2D eigenvalue weighted by Crippen LogP contribution is -2.40. The zero-order valence-electron chi connectivity index (χ0n) is 12.5. The van der Waals surface area contributed by atoms with Crippen LogP contribution in [0.3, 0.4) is 0 Å². The van der Waals surface area contributed by atoms with E-state index in [-0.39, 0.29) is 16.9 Å². The Morgan fingerprint density at radius 3 is 2.10 bits per heavy atom. The van der Waals surface area contributed by atoms with E-state index in [0.717, 1.165) is 0 Å². The van der Waals surface area contributed by atoms with E-state index in [1.807, 2.05) is 33.9 Å². The number of nitro groups is 1. The van der Waals surface area contributed by atoms with Gasteiger partial charge in [0, 0.05) is 17.7 Å². The maximum Gasteiger partial charge on any atom is 0.269 e. The number of hydrogen-bond acceptors (Lipinski definition) is 4. The maximum absolute atomic E-state index is 12.5. The lowest BCUT2D eigenvalue weighted by molar-refractivity contribution is -0.384. The van der Waals surface area contributed by atoms with Gasteiger partial charge in [0.25, 0.3) is 5.69 Å². The van der Waals surface area contributed by atoms with Crippen LogP contribution in [0.4, 0.5) is 5.69 Å². The van der Waals surface area contributed by atoms with Gasteiger partial charge in [0.15, 0.2) is 14.8 Å². The van der Waals surface area contributed by atoms with E-state index in [0.29, 0.717) is 5.56 Å². The Labute approximate surface area is 120 Å². The summed E-state index contributed by atoms with van der Waals surface area (Å²) >= 11 is 0. The average Bonchev–Trinajstić information content (AvgIpc) is 2.33. The Morgan fingerprint density at radius 2 is 1.75 bits per heavy atom. The average molecular weight is 295 g/mol. The number of ketones is 1. The third-order valence-electron chi connectivity index (χ3n) is 2.80. The highest BCUT2D eigenvalue weighted by Crippen LogP contribution is 2.27. The summed E-state index contributed by atoms with van der Waals surface area (Å²) in [6.45, 7) is 9.90. The van der Waals surface area contributed by atoms with Gasteiger partial charge in [0.05, 0.1) is 4.92 Å². The molecule has 6 heteroatoms. The van der Waals surface area contributed by atoms with Crippen molar-refractivity contribution >= 4 is 20.5 Å². The highest BCUT2D eigenvalue weighted by molar-refractivity contribution is 6.48. The molecule has 1 aromatic rings. The van der Waals surface area contributed by atoms with Crippen LogP contribution in [0.1, 0.15) is 31.1 Å². The van der Waals surface area contributed by atoms with Gasteiger partial charge < -0.3 is 4.43 Å². The van der Waals surface area contributed by atoms with E-state index in [4.69, 9.17) is 4.43 Å². The van der Waals surface area contributed by atoms with Crippen molar-refractivity contribution < 1.29 is 14.1 Å². The monoisotopic (exact) mass is 295 g/mol. The topological polar surface area (TPSA) is 69.4 Å². The van der Waals surface area contributed by atoms with Crippen molar-refractivity contribution in [3.63, 3.8) is 0 Å². The fraction of sp³-hybridized carbons (Fsp3) is 0.500. The first kappa shape index (κ1) is 16.5. The third-order valence-corrected chi connectivity index (χ3v) is 3.61.